The van der Waals surface area contributed by atoms with Crippen LogP contribution in [0.25, 0.3) is 5.65 Å². The average Bonchev–Trinajstić information content (AvgIpc) is 2.76. The van der Waals surface area contributed by atoms with Crippen molar-refractivity contribution in [3.05, 3.63) is 30.1 Å². The lowest BCUT2D eigenvalue weighted by atomic mass is 10.1. The van der Waals surface area contributed by atoms with Crippen LogP contribution in [0.3, 0.4) is 0 Å². The fourth-order valence-electron chi connectivity index (χ4n) is 3.13. The number of nitrogens with two attached hydrogens (primary N) is 1. The molecule has 0 amide bonds. The molecule has 3 unspecified atom stereocenters. The Hall–Kier alpha value is -1.59. The van der Waals surface area contributed by atoms with Gasteiger partial charge < -0.3 is 19.8 Å². The van der Waals surface area contributed by atoms with Crippen LogP contribution in [0, 0.1) is 0 Å². The van der Waals surface area contributed by atoms with Crippen molar-refractivity contribution in [2.75, 3.05) is 18.0 Å². The first-order valence-electron chi connectivity index (χ1n) is 7.66. The van der Waals surface area contributed by atoms with E-state index in [1.807, 2.05) is 25.1 Å². The number of aromatic nitrogens is 2. The van der Waals surface area contributed by atoms with Gasteiger partial charge in [-0.25, -0.2) is 4.98 Å². The largest absolute Gasteiger partial charge is 0.372 e. The second-order valence-corrected chi connectivity index (χ2v) is 6.15. The van der Waals surface area contributed by atoms with Crippen molar-refractivity contribution in [3.63, 3.8) is 0 Å². The molecule has 1 aliphatic rings. The third-order valence-electron chi connectivity index (χ3n) is 3.84. The van der Waals surface area contributed by atoms with Gasteiger partial charge in [-0.05, 0) is 32.9 Å². The van der Waals surface area contributed by atoms with Gasteiger partial charge in [0.05, 0.1) is 17.9 Å². The summed E-state index contributed by atoms with van der Waals surface area (Å²) >= 11 is 0. The molecule has 3 heterocycles. The van der Waals surface area contributed by atoms with Gasteiger partial charge >= 0.3 is 0 Å². The molecule has 2 N–H and O–H groups in total. The van der Waals surface area contributed by atoms with Crippen LogP contribution < -0.4 is 10.6 Å². The normalized spacial score (nSPS) is 24.5. The van der Waals surface area contributed by atoms with Gasteiger partial charge in [0.15, 0.2) is 5.82 Å². The summed E-state index contributed by atoms with van der Waals surface area (Å²) in [5.41, 5.74) is 8.22. The van der Waals surface area contributed by atoms with Crippen molar-refractivity contribution in [2.45, 2.75) is 45.4 Å². The lowest BCUT2D eigenvalue weighted by molar-refractivity contribution is -0.00548. The SMILES string of the molecule is CC(N)Cc1c(N2CC(C)OC(C)C2)nc2ccccn12. The number of anilines is 1. The molecule has 5 heteroatoms. The van der Waals surface area contributed by atoms with Crippen LogP contribution in [-0.4, -0.2) is 40.7 Å². The molecular weight excluding hydrogens is 264 g/mol. The molecule has 114 valence electrons. The van der Waals surface area contributed by atoms with E-state index in [0.29, 0.717) is 0 Å². The third kappa shape index (κ3) is 2.89. The Labute approximate surface area is 125 Å². The van der Waals surface area contributed by atoms with Gasteiger partial charge in [0.1, 0.15) is 5.65 Å². The van der Waals surface area contributed by atoms with E-state index in [1.54, 1.807) is 0 Å². The summed E-state index contributed by atoms with van der Waals surface area (Å²) < 4.78 is 7.99. The van der Waals surface area contributed by atoms with E-state index < -0.39 is 0 Å². The van der Waals surface area contributed by atoms with Crippen LogP contribution in [0.2, 0.25) is 0 Å². The van der Waals surface area contributed by atoms with Crippen LogP contribution in [0.1, 0.15) is 26.5 Å². The number of ether oxygens (including phenoxy) is 1. The monoisotopic (exact) mass is 288 g/mol. The molecule has 0 aliphatic carbocycles. The first-order chi connectivity index (χ1) is 10.0. The molecule has 1 saturated heterocycles. The van der Waals surface area contributed by atoms with Gasteiger partial charge in [0, 0.05) is 31.7 Å². The van der Waals surface area contributed by atoms with E-state index in [1.165, 1.54) is 5.69 Å². The Bertz CT molecular complexity index is 612. The van der Waals surface area contributed by atoms with E-state index >= 15 is 0 Å². The maximum Gasteiger partial charge on any atom is 0.151 e. The van der Waals surface area contributed by atoms with E-state index in [2.05, 4.69) is 29.3 Å². The predicted octanol–water partition coefficient (Wildman–Crippen LogP) is 1.84. The smallest absolute Gasteiger partial charge is 0.151 e. The standard InChI is InChI=1S/C16H24N4O/c1-11(17)8-14-16(18-15-6-4-5-7-20(14)15)19-9-12(2)21-13(3)10-19/h4-7,11-13H,8-10,17H2,1-3H3. The molecule has 0 saturated carbocycles. The van der Waals surface area contributed by atoms with Gasteiger partial charge in [-0.3, -0.25) is 0 Å². The number of fused-ring (bicyclic) bond motifs is 1. The highest BCUT2D eigenvalue weighted by molar-refractivity contribution is 5.56. The summed E-state index contributed by atoms with van der Waals surface area (Å²) in [7, 11) is 0. The van der Waals surface area contributed by atoms with Crippen LogP contribution >= 0.6 is 0 Å². The molecule has 0 aromatic carbocycles. The molecule has 0 spiro atoms. The fourth-order valence-corrected chi connectivity index (χ4v) is 3.13. The molecule has 2 aromatic heterocycles. The summed E-state index contributed by atoms with van der Waals surface area (Å²) in [5.74, 6) is 1.06. The Morgan fingerprint density at radius 2 is 2.05 bits per heavy atom. The van der Waals surface area contributed by atoms with Crippen molar-refractivity contribution in [2.24, 2.45) is 5.73 Å². The number of pyridine rings is 1. The highest BCUT2D eigenvalue weighted by Crippen LogP contribution is 2.26. The van der Waals surface area contributed by atoms with Crippen molar-refractivity contribution in [1.82, 2.24) is 9.38 Å². The first-order valence-corrected chi connectivity index (χ1v) is 7.66. The second-order valence-electron chi connectivity index (χ2n) is 6.15. The molecule has 5 nitrogen and oxygen atoms in total. The minimum absolute atomic E-state index is 0.111. The summed E-state index contributed by atoms with van der Waals surface area (Å²) in [4.78, 5) is 7.17. The molecule has 1 fully saturated rings. The summed E-state index contributed by atoms with van der Waals surface area (Å²) in [6.45, 7) is 8.02. The topological polar surface area (TPSA) is 55.8 Å². The number of hydrogen-bond acceptors (Lipinski definition) is 4. The third-order valence-corrected chi connectivity index (χ3v) is 3.84. The lowest BCUT2D eigenvalue weighted by Gasteiger charge is -2.36. The second kappa shape index (κ2) is 5.66. The van der Waals surface area contributed by atoms with Gasteiger partial charge in [-0.15, -0.1) is 0 Å². The number of morpholine rings is 1. The minimum atomic E-state index is 0.111. The molecule has 3 rings (SSSR count). The maximum absolute atomic E-state index is 6.04. The summed E-state index contributed by atoms with van der Waals surface area (Å²) in [6.07, 6.45) is 3.33. The lowest BCUT2D eigenvalue weighted by Crippen LogP contribution is -2.46. The van der Waals surface area contributed by atoms with Crippen LogP contribution in [0.5, 0.6) is 0 Å². The summed E-state index contributed by atoms with van der Waals surface area (Å²) in [5, 5.41) is 0. The Balaban J connectivity index is 2.04. The fraction of sp³-hybridized carbons (Fsp3) is 0.562. The van der Waals surface area contributed by atoms with Crippen molar-refractivity contribution >= 4 is 11.5 Å². The van der Waals surface area contributed by atoms with Gasteiger partial charge in [0.2, 0.25) is 0 Å². The van der Waals surface area contributed by atoms with Gasteiger partial charge in [-0.2, -0.15) is 0 Å². The van der Waals surface area contributed by atoms with Crippen LogP contribution in [-0.2, 0) is 11.2 Å². The van der Waals surface area contributed by atoms with Crippen LogP contribution in [0.15, 0.2) is 24.4 Å². The zero-order valence-electron chi connectivity index (χ0n) is 13.0. The summed E-state index contributed by atoms with van der Waals surface area (Å²) in [6, 6.07) is 6.21. The Morgan fingerprint density at radius 1 is 1.33 bits per heavy atom. The molecule has 1 aliphatic heterocycles. The average molecular weight is 288 g/mol. The van der Waals surface area contributed by atoms with E-state index in [4.69, 9.17) is 15.5 Å². The molecule has 0 bridgehead atoms. The highest BCUT2D eigenvalue weighted by atomic mass is 16.5. The van der Waals surface area contributed by atoms with Gasteiger partial charge in [0.25, 0.3) is 0 Å². The van der Waals surface area contributed by atoms with Crippen molar-refractivity contribution < 1.29 is 4.74 Å². The number of imidazole rings is 1. The maximum atomic E-state index is 6.04. The zero-order valence-corrected chi connectivity index (χ0v) is 13.0. The Kier molecular flexibility index (Phi) is 3.87. The van der Waals surface area contributed by atoms with Gasteiger partial charge in [-0.1, -0.05) is 6.07 Å². The quantitative estimate of drug-likeness (QED) is 0.936. The number of hydrogen-bond donors (Lipinski definition) is 1. The number of rotatable bonds is 3. The van der Waals surface area contributed by atoms with E-state index in [9.17, 15) is 0 Å². The Morgan fingerprint density at radius 3 is 2.71 bits per heavy atom. The molecule has 2 aromatic rings. The van der Waals surface area contributed by atoms with Crippen molar-refractivity contribution in [3.8, 4) is 0 Å². The molecule has 21 heavy (non-hydrogen) atoms. The molecule has 3 atom stereocenters. The predicted molar refractivity (Wildman–Crippen MR) is 84.8 cm³/mol. The molecule has 0 radical (unpaired) electrons. The zero-order chi connectivity index (χ0) is 15.0. The van der Waals surface area contributed by atoms with Crippen molar-refractivity contribution in [1.29, 1.82) is 0 Å². The number of nitrogens with zero attached hydrogens (tertiary/aromatic N) is 3. The van der Waals surface area contributed by atoms with E-state index in [0.717, 1.165) is 31.0 Å². The van der Waals surface area contributed by atoms with E-state index in [-0.39, 0.29) is 18.2 Å². The molecular formula is C16H24N4O. The highest BCUT2D eigenvalue weighted by Gasteiger charge is 2.27. The van der Waals surface area contributed by atoms with Crippen LogP contribution in [0.4, 0.5) is 5.82 Å². The first kappa shape index (κ1) is 14.4. The minimum Gasteiger partial charge on any atom is -0.372 e.